The van der Waals surface area contributed by atoms with Crippen LogP contribution in [0.1, 0.15) is 49.1 Å². The van der Waals surface area contributed by atoms with E-state index in [-0.39, 0.29) is 42.7 Å². The van der Waals surface area contributed by atoms with E-state index in [1.165, 1.54) is 22.3 Å². The van der Waals surface area contributed by atoms with E-state index in [4.69, 9.17) is 9.84 Å². The van der Waals surface area contributed by atoms with Crippen LogP contribution in [-0.4, -0.2) is 53.7 Å². The van der Waals surface area contributed by atoms with Crippen LogP contribution in [0.25, 0.3) is 11.1 Å². The number of alkyl carbamates (subject to hydrolysis) is 1. The van der Waals surface area contributed by atoms with Crippen molar-refractivity contribution in [3.05, 3.63) is 59.7 Å². The number of amides is 2. The summed E-state index contributed by atoms with van der Waals surface area (Å²) >= 11 is 0. The maximum Gasteiger partial charge on any atom is 0.407 e. The van der Waals surface area contributed by atoms with Gasteiger partial charge in [-0.2, -0.15) is 0 Å². The maximum absolute atomic E-state index is 12.9. The van der Waals surface area contributed by atoms with Crippen molar-refractivity contribution in [2.75, 3.05) is 19.7 Å². The van der Waals surface area contributed by atoms with Gasteiger partial charge in [0.2, 0.25) is 5.91 Å². The zero-order valence-corrected chi connectivity index (χ0v) is 19.1. The number of carbonyl (C=O) groups is 3. The summed E-state index contributed by atoms with van der Waals surface area (Å²) in [5.41, 5.74) is 4.71. The van der Waals surface area contributed by atoms with Crippen molar-refractivity contribution in [1.29, 1.82) is 0 Å². The molecule has 7 heteroatoms. The molecule has 5 rings (SSSR count). The van der Waals surface area contributed by atoms with Gasteiger partial charge in [0.05, 0.1) is 6.42 Å². The monoisotopic (exact) mass is 462 g/mol. The maximum atomic E-state index is 12.9. The van der Waals surface area contributed by atoms with Crippen LogP contribution in [0.5, 0.6) is 0 Å². The predicted octanol–water partition coefficient (Wildman–Crippen LogP) is 4.02. The highest BCUT2D eigenvalue weighted by molar-refractivity contribution is 5.83. The third-order valence-electron chi connectivity index (χ3n) is 7.41. The van der Waals surface area contributed by atoms with Crippen molar-refractivity contribution >= 4 is 18.0 Å². The highest BCUT2D eigenvalue weighted by Gasteiger charge is 2.46. The number of likely N-dealkylation sites (tertiary alicyclic amines) is 1. The number of aliphatic carboxylic acids is 1. The first-order valence-electron chi connectivity index (χ1n) is 12.1. The second-order valence-corrected chi connectivity index (χ2v) is 9.59. The Morgan fingerprint density at radius 3 is 2.35 bits per heavy atom. The van der Waals surface area contributed by atoms with Crippen LogP contribution in [0.2, 0.25) is 0 Å². The Kier molecular flexibility index (Phi) is 6.26. The average Bonchev–Trinajstić information content (AvgIpc) is 3.56. The highest BCUT2D eigenvalue weighted by Crippen LogP contribution is 2.44. The molecule has 0 aromatic heterocycles. The van der Waals surface area contributed by atoms with E-state index in [0.29, 0.717) is 13.1 Å². The topological polar surface area (TPSA) is 95.9 Å². The van der Waals surface area contributed by atoms with Crippen molar-refractivity contribution < 1.29 is 24.2 Å². The third-order valence-corrected chi connectivity index (χ3v) is 7.41. The van der Waals surface area contributed by atoms with Gasteiger partial charge >= 0.3 is 12.1 Å². The molecule has 34 heavy (non-hydrogen) atoms. The molecule has 178 valence electrons. The molecule has 1 saturated carbocycles. The van der Waals surface area contributed by atoms with Crippen molar-refractivity contribution in [2.24, 2.45) is 11.8 Å². The number of fused-ring (bicyclic) bond motifs is 3. The molecule has 3 atom stereocenters. The van der Waals surface area contributed by atoms with Gasteiger partial charge in [-0.05, 0) is 53.9 Å². The number of benzene rings is 2. The summed E-state index contributed by atoms with van der Waals surface area (Å²) in [6.45, 7) is 1.28. The van der Waals surface area contributed by atoms with Gasteiger partial charge in [0.1, 0.15) is 6.61 Å². The minimum Gasteiger partial charge on any atom is -0.481 e. The summed E-state index contributed by atoms with van der Waals surface area (Å²) in [7, 11) is 0. The minimum atomic E-state index is -0.867. The van der Waals surface area contributed by atoms with Gasteiger partial charge in [-0.15, -0.1) is 0 Å². The molecule has 0 unspecified atom stereocenters. The first-order valence-corrected chi connectivity index (χ1v) is 12.1. The van der Waals surface area contributed by atoms with E-state index in [0.717, 1.165) is 25.7 Å². The van der Waals surface area contributed by atoms with E-state index in [9.17, 15) is 14.4 Å². The molecule has 7 nitrogen and oxygen atoms in total. The lowest BCUT2D eigenvalue weighted by Crippen LogP contribution is -2.45. The number of carbonyl (C=O) groups excluding carboxylic acids is 2. The molecule has 1 saturated heterocycles. The Morgan fingerprint density at radius 2 is 1.68 bits per heavy atom. The second kappa shape index (κ2) is 9.49. The first-order chi connectivity index (χ1) is 16.5. The fraction of sp³-hybridized carbons (Fsp3) is 0.444. The Balaban J connectivity index is 1.11. The summed E-state index contributed by atoms with van der Waals surface area (Å²) in [5.74, 6) is -0.874. The van der Waals surface area contributed by atoms with E-state index in [2.05, 4.69) is 29.6 Å². The van der Waals surface area contributed by atoms with Crippen LogP contribution in [0.3, 0.4) is 0 Å². The Morgan fingerprint density at radius 1 is 1.00 bits per heavy atom. The van der Waals surface area contributed by atoms with Crippen molar-refractivity contribution in [1.82, 2.24) is 10.2 Å². The van der Waals surface area contributed by atoms with Gasteiger partial charge in [0.25, 0.3) is 0 Å². The summed E-state index contributed by atoms with van der Waals surface area (Å²) < 4.78 is 5.58. The number of carboxylic acids is 1. The number of nitrogens with one attached hydrogen (secondary N) is 1. The van der Waals surface area contributed by atoms with Crippen LogP contribution in [0.15, 0.2) is 48.5 Å². The standard InChI is InChI=1S/C27H30N2O5/c30-25(31)14-18-7-5-6-12-29(18)26(32)23-13-17(23)15-28-27(33)34-16-24-21-10-3-1-8-19(21)20-9-2-4-11-22(20)24/h1-4,8-11,17-18,23-24H,5-7,12-16H2,(H,28,33)(H,30,31)/t17-,18+,23-/m1/s1. The first kappa shape index (κ1) is 22.4. The Bertz CT molecular complexity index is 1050. The fourth-order valence-corrected chi connectivity index (χ4v) is 5.56. The number of rotatable bonds is 7. The minimum absolute atomic E-state index is 0.00112. The normalized spacial score (nSPS) is 23.1. The molecular weight excluding hydrogens is 432 g/mol. The number of hydrogen-bond donors (Lipinski definition) is 2. The predicted molar refractivity (Wildman–Crippen MR) is 126 cm³/mol. The fourth-order valence-electron chi connectivity index (χ4n) is 5.56. The zero-order valence-electron chi connectivity index (χ0n) is 19.1. The van der Waals surface area contributed by atoms with E-state index in [1.807, 2.05) is 24.3 Å². The molecule has 2 aromatic rings. The summed E-state index contributed by atoms with van der Waals surface area (Å²) in [6, 6.07) is 16.2. The van der Waals surface area contributed by atoms with E-state index < -0.39 is 12.1 Å². The van der Waals surface area contributed by atoms with Crippen LogP contribution in [0.4, 0.5) is 4.79 Å². The SMILES string of the molecule is O=C(O)C[C@@H]1CCCCN1C(=O)[C@@H]1C[C@@H]1CNC(=O)OCC1c2ccccc2-c2ccccc21. The van der Waals surface area contributed by atoms with Crippen LogP contribution >= 0.6 is 0 Å². The van der Waals surface area contributed by atoms with Crippen molar-refractivity contribution in [2.45, 2.75) is 44.1 Å². The largest absolute Gasteiger partial charge is 0.481 e. The summed E-state index contributed by atoms with van der Waals surface area (Å²) in [6.07, 6.45) is 2.87. The lowest BCUT2D eigenvalue weighted by atomic mass is 9.98. The molecule has 3 aliphatic rings. The third kappa shape index (κ3) is 4.52. The van der Waals surface area contributed by atoms with Gasteiger partial charge < -0.3 is 20.1 Å². The second-order valence-electron chi connectivity index (χ2n) is 9.59. The molecule has 1 heterocycles. The van der Waals surface area contributed by atoms with Gasteiger partial charge in [-0.3, -0.25) is 9.59 Å². The average molecular weight is 463 g/mol. The molecule has 1 aliphatic heterocycles. The molecule has 2 aromatic carbocycles. The number of piperidine rings is 1. The molecule has 0 bridgehead atoms. The van der Waals surface area contributed by atoms with Crippen LogP contribution in [-0.2, 0) is 14.3 Å². The quantitative estimate of drug-likeness (QED) is 0.648. The van der Waals surface area contributed by atoms with Crippen molar-refractivity contribution in [3.63, 3.8) is 0 Å². The van der Waals surface area contributed by atoms with E-state index in [1.54, 1.807) is 4.90 Å². The zero-order chi connectivity index (χ0) is 23.7. The number of carboxylic acid groups (broad SMARTS) is 1. The highest BCUT2D eigenvalue weighted by atomic mass is 16.5. The summed E-state index contributed by atoms with van der Waals surface area (Å²) in [4.78, 5) is 38.3. The van der Waals surface area contributed by atoms with Gasteiger partial charge in [-0.1, -0.05) is 48.5 Å². The molecule has 2 aliphatic carbocycles. The lowest BCUT2D eigenvalue weighted by Gasteiger charge is -2.35. The number of nitrogens with zero attached hydrogens (tertiary/aromatic N) is 1. The van der Waals surface area contributed by atoms with Crippen LogP contribution in [0, 0.1) is 11.8 Å². The molecular formula is C27H30N2O5. The van der Waals surface area contributed by atoms with Crippen molar-refractivity contribution in [3.8, 4) is 11.1 Å². The number of ether oxygens (including phenoxy) is 1. The molecule has 2 fully saturated rings. The lowest BCUT2D eigenvalue weighted by molar-refractivity contribution is -0.142. The molecule has 2 amide bonds. The van der Waals surface area contributed by atoms with E-state index >= 15 is 0 Å². The van der Waals surface area contributed by atoms with Gasteiger partial charge in [0, 0.05) is 31.0 Å². The Hall–Kier alpha value is -3.35. The Labute approximate surface area is 199 Å². The molecule has 0 radical (unpaired) electrons. The molecule has 0 spiro atoms. The van der Waals surface area contributed by atoms with Gasteiger partial charge in [0.15, 0.2) is 0 Å². The summed E-state index contributed by atoms with van der Waals surface area (Å²) in [5, 5.41) is 12.0. The smallest absolute Gasteiger partial charge is 0.407 e. The molecule has 2 N–H and O–H groups in total. The van der Waals surface area contributed by atoms with Crippen LogP contribution < -0.4 is 5.32 Å². The number of hydrogen-bond acceptors (Lipinski definition) is 4. The van der Waals surface area contributed by atoms with Gasteiger partial charge in [-0.25, -0.2) is 4.79 Å².